The Labute approximate surface area is 170 Å². The highest BCUT2D eigenvalue weighted by atomic mass is 32.2. The first-order valence-electron chi connectivity index (χ1n) is 10.3. The van der Waals surface area contributed by atoms with Crippen molar-refractivity contribution in [2.45, 2.75) is 76.9 Å². The second kappa shape index (κ2) is 14.4. The van der Waals surface area contributed by atoms with E-state index >= 15 is 0 Å². The minimum Gasteiger partial charge on any atom is -0.373 e. The van der Waals surface area contributed by atoms with Gasteiger partial charge in [-0.25, -0.2) is 0 Å². The molecule has 0 bridgehead atoms. The molecule has 6 nitrogen and oxygen atoms in total. The van der Waals surface area contributed by atoms with E-state index in [1.807, 2.05) is 6.08 Å². The molecule has 3 N–H and O–H groups in total. The number of amides is 1. The van der Waals surface area contributed by atoms with Gasteiger partial charge in [-0.1, -0.05) is 31.9 Å². The van der Waals surface area contributed by atoms with Crippen LogP contribution < -0.4 is 15.4 Å². The van der Waals surface area contributed by atoms with E-state index in [-0.39, 0.29) is 24.2 Å². The predicted octanol–water partition coefficient (Wildman–Crippen LogP) is 2.52. The van der Waals surface area contributed by atoms with Crippen molar-refractivity contribution < 1.29 is 9.53 Å². The van der Waals surface area contributed by atoms with E-state index in [4.69, 9.17) is 4.74 Å². The molecule has 1 rings (SSSR count). The van der Waals surface area contributed by atoms with E-state index in [1.54, 1.807) is 11.9 Å². The third-order valence-electron chi connectivity index (χ3n) is 4.29. The molecule has 27 heavy (non-hydrogen) atoms. The van der Waals surface area contributed by atoms with Crippen LogP contribution in [0.1, 0.15) is 53.4 Å². The number of unbranched alkanes of at least 4 members (excludes halogenated alkanes) is 1. The topological polar surface area (TPSA) is 65.6 Å². The Bertz CT molecular complexity index is 413. The molecule has 158 valence electrons. The van der Waals surface area contributed by atoms with Crippen molar-refractivity contribution in [3.8, 4) is 0 Å². The lowest BCUT2D eigenvalue weighted by molar-refractivity contribution is -0.121. The van der Waals surface area contributed by atoms with Gasteiger partial charge in [0, 0.05) is 50.6 Å². The zero-order valence-electron chi connectivity index (χ0n) is 17.6. The molecule has 1 fully saturated rings. The summed E-state index contributed by atoms with van der Waals surface area (Å²) in [6.45, 7) is 16.8. The van der Waals surface area contributed by atoms with E-state index in [0.717, 1.165) is 52.1 Å². The first-order chi connectivity index (χ1) is 12.9. The summed E-state index contributed by atoms with van der Waals surface area (Å²) in [7, 11) is 0. The van der Waals surface area contributed by atoms with Crippen LogP contribution in [0.2, 0.25) is 0 Å². The molecule has 3 atom stereocenters. The van der Waals surface area contributed by atoms with E-state index in [1.165, 1.54) is 0 Å². The third kappa shape index (κ3) is 12.5. The maximum atomic E-state index is 12.2. The summed E-state index contributed by atoms with van der Waals surface area (Å²) in [5.74, 6) is 0.133. The first-order valence-corrected chi connectivity index (χ1v) is 11.2. The van der Waals surface area contributed by atoms with Crippen molar-refractivity contribution in [3.63, 3.8) is 0 Å². The van der Waals surface area contributed by atoms with Crippen LogP contribution in [0.3, 0.4) is 0 Å². The molecule has 1 amide bonds. The largest absolute Gasteiger partial charge is 0.373 e. The number of hydrogen-bond donors (Lipinski definition) is 3. The molecule has 1 saturated heterocycles. The van der Waals surface area contributed by atoms with E-state index in [2.05, 4.69) is 54.5 Å². The third-order valence-corrected chi connectivity index (χ3v) is 5.13. The molecular formula is C20H40N4O2S. The highest BCUT2D eigenvalue weighted by Crippen LogP contribution is 2.09. The number of nitrogens with zero attached hydrogens (tertiary/aromatic N) is 1. The van der Waals surface area contributed by atoms with Crippen LogP contribution in [0.5, 0.6) is 0 Å². The molecule has 0 spiro atoms. The minimum atomic E-state index is 0.0977. The number of morpholine rings is 1. The Morgan fingerprint density at radius 2 is 2.00 bits per heavy atom. The molecule has 0 aromatic carbocycles. The normalized spacial score (nSPS) is 22.0. The summed E-state index contributed by atoms with van der Waals surface area (Å²) in [5.41, 5.74) is 0. The molecule has 1 aliphatic rings. The van der Waals surface area contributed by atoms with Gasteiger partial charge in [-0.05, 0) is 33.1 Å². The Morgan fingerprint density at radius 3 is 2.63 bits per heavy atom. The molecule has 0 aliphatic carbocycles. The molecule has 1 aliphatic heterocycles. The first kappa shape index (κ1) is 24.4. The fourth-order valence-corrected chi connectivity index (χ4v) is 3.81. The van der Waals surface area contributed by atoms with Gasteiger partial charge in [-0.2, -0.15) is 0 Å². The van der Waals surface area contributed by atoms with Crippen molar-refractivity contribution in [2.75, 3.05) is 32.8 Å². The van der Waals surface area contributed by atoms with Crippen LogP contribution in [0, 0.1) is 0 Å². The van der Waals surface area contributed by atoms with Crippen LogP contribution in [-0.2, 0) is 9.53 Å². The maximum absolute atomic E-state index is 12.2. The quantitative estimate of drug-likeness (QED) is 0.237. The average Bonchev–Trinajstić information content (AvgIpc) is 2.57. The van der Waals surface area contributed by atoms with E-state index in [0.29, 0.717) is 11.7 Å². The average molecular weight is 401 g/mol. The summed E-state index contributed by atoms with van der Waals surface area (Å²) in [4.78, 5) is 14.6. The Hall–Kier alpha value is -0.600. The van der Waals surface area contributed by atoms with E-state index < -0.39 is 0 Å². The lowest BCUT2D eigenvalue weighted by atomic mass is 10.1. The van der Waals surface area contributed by atoms with Crippen molar-refractivity contribution in [2.24, 2.45) is 0 Å². The predicted molar refractivity (Wildman–Crippen MR) is 116 cm³/mol. The molecular weight excluding hydrogens is 360 g/mol. The Balaban J connectivity index is 2.18. The van der Waals surface area contributed by atoms with Gasteiger partial charge in [0.2, 0.25) is 5.91 Å². The summed E-state index contributed by atoms with van der Waals surface area (Å²) in [5, 5.41) is 7.20. The van der Waals surface area contributed by atoms with E-state index in [9.17, 15) is 4.79 Å². The van der Waals surface area contributed by atoms with Crippen LogP contribution in [-0.4, -0.2) is 67.2 Å². The van der Waals surface area contributed by atoms with Gasteiger partial charge in [-0.15, -0.1) is 6.58 Å². The molecule has 0 aromatic rings. The minimum absolute atomic E-state index is 0.0977. The molecule has 7 heteroatoms. The molecule has 1 unspecified atom stereocenters. The van der Waals surface area contributed by atoms with Crippen LogP contribution in [0.25, 0.3) is 0 Å². The van der Waals surface area contributed by atoms with Crippen LogP contribution >= 0.6 is 11.9 Å². The number of rotatable bonds is 14. The maximum Gasteiger partial charge on any atom is 0.220 e. The van der Waals surface area contributed by atoms with Crippen LogP contribution in [0.15, 0.2) is 12.7 Å². The molecule has 1 heterocycles. The summed E-state index contributed by atoms with van der Waals surface area (Å²) in [6.07, 6.45) is 5.71. The van der Waals surface area contributed by atoms with Crippen molar-refractivity contribution in [1.29, 1.82) is 0 Å². The monoisotopic (exact) mass is 400 g/mol. The second-order valence-electron chi connectivity index (χ2n) is 7.71. The number of carbonyl (C=O) groups is 1. The van der Waals surface area contributed by atoms with Crippen molar-refractivity contribution in [3.05, 3.63) is 12.7 Å². The second-order valence-corrected chi connectivity index (χ2v) is 9.18. The number of carbonyl (C=O) groups excluding carboxylic acids is 1. The number of nitrogens with one attached hydrogen (secondary N) is 3. The van der Waals surface area contributed by atoms with Gasteiger partial charge >= 0.3 is 0 Å². The number of hydrogen-bond acceptors (Lipinski definition) is 6. The van der Waals surface area contributed by atoms with Gasteiger partial charge in [0.25, 0.3) is 0 Å². The molecule has 0 aromatic heterocycles. The Kier molecular flexibility index (Phi) is 13.0. The van der Waals surface area contributed by atoms with Gasteiger partial charge in [0.1, 0.15) is 0 Å². The SMILES string of the molecule is C=CCC(CNCN1C[C@@H](C)O[C@@H](C)C1)NC(=O)CCCCNSC(C)C. The van der Waals surface area contributed by atoms with Gasteiger partial charge in [0.05, 0.1) is 12.2 Å². The van der Waals surface area contributed by atoms with Gasteiger partial charge in [-0.3, -0.25) is 14.4 Å². The van der Waals surface area contributed by atoms with Crippen LogP contribution in [0.4, 0.5) is 0 Å². The highest BCUT2D eigenvalue weighted by molar-refractivity contribution is 7.97. The number of ether oxygens (including phenoxy) is 1. The standard InChI is InChI=1S/C20H40N4O2S/c1-6-9-19(12-21-15-24-13-17(4)26-18(5)14-24)23-20(25)10-7-8-11-22-27-16(2)3/h6,16-19,21-22H,1,7-15H2,2-5H3,(H,23,25)/t17-,18+,19?. The summed E-state index contributed by atoms with van der Waals surface area (Å²) < 4.78 is 9.10. The highest BCUT2D eigenvalue weighted by Gasteiger charge is 2.21. The lowest BCUT2D eigenvalue weighted by Gasteiger charge is -2.35. The smallest absolute Gasteiger partial charge is 0.220 e. The zero-order chi connectivity index (χ0) is 20.1. The molecule has 0 radical (unpaired) electrons. The summed E-state index contributed by atoms with van der Waals surface area (Å²) in [6, 6.07) is 0.0977. The fraction of sp³-hybridized carbons (Fsp3) is 0.850. The fourth-order valence-electron chi connectivity index (χ4n) is 3.21. The Morgan fingerprint density at radius 1 is 1.30 bits per heavy atom. The zero-order valence-corrected chi connectivity index (χ0v) is 18.4. The van der Waals surface area contributed by atoms with Gasteiger partial charge < -0.3 is 15.4 Å². The summed E-state index contributed by atoms with van der Waals surface area (Å²) >= 11 is 1.75. The lowest BCUT2D eigenvalue weighted by Crippen LogP contribution is -2.50. The van der Waals surface area contributed by atoms with Gasteiger partial charge in [0.15, 0.2) is 0 Å². The van der Waals surface area contributed by atoms with Crippen molar-refractivity contribution >= 4 is 17.9 Å². The van der Waals surface area contributed by atoms with Crippen molar-refractivity contribution in [1.82, 2.24) is 20.3 Å². The molecule has 0 saturated carbocycles.